The summed E-state index contributed by atoms with van der Waals surface area (Å²) in [7, 11) is 0. The molecule has 0 fully saturated rings. The van der Waals surface area contributed by atoms with E-state index in [1.807, 2.05) is 36.4 Å². The van der Waals surface area contributed by atoms with Crippen LogP contribution in [0, 0.1) is 18.3 Å². The third-order valence-electron chi connectivity index (χ3n) is 2.02. The Morgan fingerprint density at radius 2 is 2.18 bits per heavy atom. The van der Waals surface area contributed by atoms with Crippen LogP contribution in [-0.4, -0.2) is 11.2 Å². The van der Waals surface area contributed by atoms with Crippen LogP contribution in [0.15, 0.2) is 39.9 Å². The van der Waals surface area contributed by atoms with E-state index >= 15 is 0 Å². The molecule has 0 saturated heterocycles. The zero-order valence-corrected chi connectivity index (χ0v) is 9.21. The van der Waals surface area contributed by atoms with Crippen molar-refractivity contribution >= 4 is 12.1 Å². The molecule has 2 aromatic rings. The fourth-order valence-corrected chi connectivity index (χ4v) is 1.28. The van der Waals surface area contributed by atoms with E-state index in [-0.39, 0.29) is 11.6 Å². The molecule has 0 aliphatic heterocycles. The van der Waals surface area contributed by atoms with E-state index in [2.05, 4.69) is 15.5 Å². The summed E-state index contributed by atoms with van der Waals surface area (Å²) in [5.74, 6) is 0.691. The Kier molecular flexibility index (Phi) is 3.17. The third kappa shape index (κ3) is 2.69. The van der Waals surface area contributed by atoms with Crippen LogP contribution in [0.2, 0.25) is 0 Å². The van der Waals surface area contributed by atoms with Gasteiger partial charge in [-0.3, -0.25) is 0 Å². The molecule has 0 bridgehead atoms. The minimum atomic E-state index is 0.202. The van der Waals surface area contributed by atoms with Gasteiger partial charge in [0.25, 0.3) is 5.88 Å². The van der Waals surface area contributed by atoms with E-state index in [4.69, 9.17) is 9.68 Å². The molecule has 5 heteroatoms. The van der Waals surface area contributed by atoms with Crippen molar-refractivity contribution in [2.45, 2.75) is 6.92 Å². The van der Waals surface area contributed by atoms with Gasteiger partial charge in [-0.15, -0.1) is 0 Å². The lowest BCUT2D eigenvalue weighted by atomic mass is 10.2. The zero-order valence-electron chi connectivity index (χ0n) is 9.21. The zero-order chi connectivity index (χ0) is 12.1. The van der Waals surface area contributed by atoms with Crippen molar-refractivity contribution in [1.29, 1.82) is 5.26 Å². The van der Waals surface area contributed by atoms with Crippen molar-refractivity contribution in [2.75, 3.05) is 5.43 Å². The number of nitriles is 1. The summed E-state index contributed by atoms with van der Waals surface area (Å²) in [6, 6.07) is 11.5. The van der Waals surface area contributed by atoms with E-state index in [0.717, 1.165) is 5.56 Å². The average molecular weight is 226 g/mol. The summed E-state index contributed by atoms with van der Waals surface area (Å²) < 4.78 is 5.18. The van der Waals surface area contributed by atoms with Crippen LogP contribution in [0.25, 0.3) is 0 Å². The van der Waals surface area contributed by atoms with Crippen molar-refractivity contribution in [3.05, 3.63) is 47.5 Å². The molecular weight excluding hydrogens is 216 g/mol. The largest absolute Gasteiger partial charge is 0.422 e. The first-order valence-corrected chi connectivity index (χ1v) is 5.01. The van der Waals surface area contributed by atoms with Gasteiger partial charge in [0.05, 0.1) is 6.21 Å². The highest BCUT2D eigenvalue weighted by molar-refractivity contribution is 5.79. The molecule has 0 atom stereocenters. The Morgan fingerprint density at radius 3 is 2.88 bits per heavy atom. The number of anilines is 1. The molecule has 84 valence electrons. The molecule has 0 unspecified atom stereocenters. The highest BCUT2D eigenvalue weighted by Crippen LogP contribution is 2.15. The van der Waals surface area contributed by atoms with Gasteiger partial charge in [0.1, 0.15) is 6.07 Å². The van der Waals surface area contributed by atoms with Crippen molar-refractivity contribution in [1.82, 2.24) is 4.98 Å². The number of aryl methyl sites for hydroxylation is 1. The second kappa shape index (κ2) is 4.94. The monoisotopic (exact) mass is 226 g/mol. The molecular formula is C12H10N4O. The van der Waals surface area contributed by atoms with Gasteiger partial charge in [0.15, 0.2) is 5.89 Å². The summed E-state index contributed by atoms with van der Waals surface area (Å²) in [6.45, 7) is 1.67. The van der Waals surface area contributed by atoms with E-state index in [9.17, 15) is 0 Å². The van der Waals surface area contributed by atoms with Crippen LogP contribution < -0.4 is 5.43 Å². The molecule has 1 aromatic heterocycles. The first kappa shape index (κ1) is 10.9. The fourth-order valence-electron chi connectivity index (χ4n) is 1.28. The quantitative estimate of drug-likeness (QED) is 0.643. The van der Waals surface area contributed by atoms with E-state index < -0.39 is 0 Å². The number of hydrogen-bond acceptors (Lipinski definition) is 5. The predicted molar refractivity (Wildman–Crippen MR) is 63.6 cm³/mol. The minimum absolute atomic E-state index is 0.202. The van der Waals surface area contributed by atoms with Crippen LogP contribution >= 0.6 is 0 Å². The molecule has 1 aromatic carbocycles. The lowest BCUT2D eigenvalue weighted by Gasteiger charge is -1.94. The lowest BCUT2D eigenvalue weighted by molar-refractivity contribution is 0.533. The van der Waals surface area contributed by atoms with Crippen LogP contribution in [0.1, 0.15) is 17.1 Å². The van der Waals surface area contributed by atoms with E-state index in [1.54, 1.807) is 13.1 Å². The number of rotatable bonds is 3. The third-order valence-corrected chi connectivity index (χ3v) is 2.02. The van der Waals surface area contributed by atoms with Gasteiger partial charge in [-0.1, -0.05) is 30.3 Å². The number of hydrazone groups is 1. The molecule has 0 aliphatic carbocycles. The maximum absolute atomic E-state index is 8.78. The standard InChI is InChI=1S/C12H10N4O/c1-9-15-11(7-13)12(17-9)16-14-8-10-5-3-2-4-6-10/h2-6,8,16H,1H3/b14-8+. The molecule has 0 radical (unpaired) electrons. The first-order valence-electron chi connectivity index (χ1n) is 5.01. The molecule has 0 aliphatic rings. The van der Waals surface area contributed by atoms with Gasteiger partial charge >= 0.3 is 0 Å². The number of benzene rings is 1. The fraction of sp³-hybridized carbons (Fsp3) is 0.0833. The van der Waals surface area contributed by atoms with Gasteiger partial charge in [0.2, 0.25) is 5.69 Å². The van der Waals surface area contributed by atoms with Crippen molar-refractivity contribution in [3.8, 4) is 6.07 Å². The average Bonchev–Trinajstić information content (AvgIpc) is 2.71. The molecule has 2 rings (SSSR count). The highest BCUT2D eigenvalue weighted by atomic mass is 16.4. The summed E-state index contributed by atoms with van der Waals surface area (Å²) in [6.07, 6.45) is 1.64. The molecule has 0 spiro atoms. The maximum atomic E-state index is 8.78. The molecule has 1 N–H and O–H groups in total. The number of nitrogens with one attached hydrogen (secondary N) is 1. The van der Waals surface area contributed by atoms with Gasteiger partial charge in [0, 0.05) is 6.92 Å². The summed E-state index contributed by atoms with van der Waals surface area (Å²) in [4.78, 5) is 3.89. The Balaban J connectivity index is 2.08. The Morgan fingerprint density at radius 1 is 1.41 bits per heavy atom. The summed E-state index contributed by atoms with van der Waals surface area (Å²) >= 11 is 0. The number of aromatic nitrogens is 1. The molecule has 0 amide bonds. The second-order valence-electron chi connectivity index (χ2n) is 3.30. The number of oxazole rings is 1. The molecule has 5 nitrogen and oxygen atoms in total. The van der Waals surface area contributed by atoms with Gasteiger partial charge in [-0.25, -0.2) is 10.4 Å². The highest BCUT2D eigenvalue weighted by Gasteiger charge is 2.08. The Hall–Kier alpha value is -2.61. The topological polar surface area (TPSA) is 74.2 Å². The molecule has 17 heavy (non-hydrogen) atoms. The summed E-state index contributed by atoms with van der Waals surface area (Å²) in [5, 5.41) is 12.8. The van der Waals surface area contributed by atoms with Crippen molar-refractivity contribution in [3.63, 3.8) is 0 Å². The lowest BCUT2D eigenvalue weighted by Crippen LogP contribution is -1.91. The Labute approximate surface area is 98.4 Å². The van der Waals surface area contributed by atoms with Crippen LogP contribution in [0.4, 0.5) is 5.88 Å². The van der Waals surface area contributed by atoms with Crippen molar-refractivity contribution < 1.29 is 4.42 Å². The molecule has 0 saturated carbocycles. The normalized spacial score (nSPS) is 10.4. The SMILES string of the molecule is Cc1nc(C#N)c(N/N=C/c2ccccc2)o1. The van der Waals surface area contributed by atoms with Crippen LogP contribution in [0.3, 0.4) is 0 Å². The number of hydrogen-bond donors (Lipinski definition) is 1. The number of nitrogens with zero attached hydrogens (tertiary/aromatic N) is 3. The van der Waals surface area contributed by atoms with Crippen LogP contribution in [-0.2, 0) is 0 Å². The molecule has 1 heterocycles. The Bertz CT molecular complexity index is 566. The van der Waals surface area contributed by atoms with Gasteiger partial charge in [-0.05, 0) is 5.56 Å². The van der Waals surface area contributed by atoms with Gasteiger partial charge < -0.3 is 4.42 Å². The minimum Gasteiger partial charge on any atom is -0.422 e. The van der Waals surface area contributed by atoms with E-state index in [0.29, 0.717) is 5.89 Å². The summed E-state index contributed by atoms with van der Waals surface area (Å²) in [5.41, 5.74) is 3.81. The van der Waals surface area contributed by atoms with Crippen molar-refractivity contribution in [2.24, 2.45) is 5.10 Å². The second-order valence-corrected chi connectivity index (χ2v) is 3.30. The van der Waals surface area contributed by atoms with E-state index in [1.165, 1.54) is 0 Å². The maximum Gasteiger partial charge on any atom is 0.252 e. The predicted octanol–water partition coefficient (Wildman–Crippen LogP) is 2.30. The smallest absolute Gasteiger partial charge is 0.252 e. The first-order chi connectivity index (χ1) is 8.29. The van der Waals surface area contributed by atoms with Gasteiger partial charge in [-0.2, -0.15) is 10.4 Å². The van der Waals surface area contributed by atoms with Crippen LogP contribution in [0.5, 0.6) is 0 Å².